The van der Waals surface area contributed by atoms with E-state index in [-0.39, 0.29) is 5.91 Å². The third-order valence-corrected chi connectivity index (χ3v) is 3.37. The largest absolute Gasteiger partial charge is 0.334 e. The minimum absolute atomic E-state index is 0.178. The normalized spacial score (nSPS) is 10.3. The zero-order chi connectivity index (χ0) is 14.9. The van der Waals surface area contributed by atoms with E-state index < -0.39 is 0 Å². The van der Waals surface area contributed by atoms with E-state index >= 15 is 0 Å². The standard InChI is InChI=1S/C18H22N2O/c1-19-13-12-18(21)20(14-16-8-4-2-5-9-16)15-17-10-6-3-7-11-17/h2-11,19H,12-15H2,1H3. The van der Waals surface area contributed by atoms with E-state index in [1.165, 1.54) is 0 Å². The van der Waals surface area contributed by atoms with Crippen molar-refractivity contribution < 1.29 is 4.79 Å². The summed E-state index contributed by atoms with van der Waals surface area (Å²) in [4.78, 5) is 14.3. The molecular weight excluding hydrogens is 260 g/mol. The monoisotopic (exact) mass is 282 g/mol. The molecule has 21 heavy (non-hydrogen) atoms. The van der Waals surface area contributed by atoms with Crippen LogP contribution >= 0.6 is 0 Å². The van der Waals surface area contributed by atoms with Crippen LogP contribution in [0.3, 0.4) is 0 Å². The number of nitrogens with one attached hydrogen (secondary N) is 1. The fourth-order valence-corrected chi connectivity index (χ4v) is 2.23. The van der Waals surface area contributed by atoms with Gasteiger partial charge in [-0.3, -0.25) is 4.79 Å². The van der Waals surface area contributed by atoms with E-state index in [4.69, 9.17) is 0 Å². The molecule has 0 bridgehead atoms. The van der Waals surface area contributed by atoms with Gasteiger partial charge in [-0.25, -0.2) is 0 Å². The molecular formula is C18H22N2O. The smallest absolute Gasteiger partial charge is 0.224 e. The summed E-state index contributed by atoms with van der Waals surface area (Å²) in [6.45, 7) is 2.01. The van der Waals surface area contributed by atoms with Crippen molar-refractivity contribution in [1.29, 1.82) is 0 Å². The molecule has 2 aromatic carbocycles. The van der Waals surface area contributed by atoms with E-state index in [2.05, 4.69) is 29.6 Å². The van der Waals surface area contributed by atoms with Crippen LogP contribution in [0, 0.1) is 0 Å². The number of benzene rings is 2. The molecule has 0 spiro atoms. The lowest BCUT2D eigenvalue weighted by Gasteiger charge is -2.23. The highest BCUT2D eigenvalue weighted by Gasteiger charge is 2.13. The Hall–Kier alpha value is -2.13. The van der Waals surface area contributed by atoms with Crippen molar-refractivity contribution in [3.63, 3.8) is 0 Å². The maximum Gasteiger partial charge on any atom is 0.224 e. The molecule has 0 atom stereocenters. The predicted molar refractivity (Wildman–Crippen MR) is 85.7 cm³/mol. The predicted octanol–water partition coefficient (Wildman–Crippen LogP) is 2.82. The van der Waals surface area contributed by atoms with Crippen LogP contribution in [0.25, 0.3) is 0 Å². The molecule has 1 amide bonds. The number of amides is 1. The molecule has 0 saturated carbocycles. The fourth-order valence-electron chi connectivity index (χ4n) is 2.23. The van der Waals surface area contributed by atoms with Gasteiger partial charge in [0.1, 0.15) is 0 Å². The Kier molecular flexibility index (Phi) is 5.98. The van der Waals surface area contributed by atoms with E-state index in [1.54, 1.807) is 0 Å². The Bertz CT molecular complexity index is 498. The lowest BCUT2D eigenvalue weighted by atomic mass is 10.1. The number of nitrogens with zero attached hydrogens (tertiary/aromatic N) is 1. The first-order chi connectivity index (χ1) is 10.3. The average molecular weight is 282 g/mol. The van der Waals surface area contributed by atoms with Crippen LogP contribution in [-0.4, -0.2) is 24.4 Å². The lowest BCUT2D eigenvalue weighted by Crippen LogP contribution is -2.32. The Morgan fingerprint density at radius 2 is 1.38 bits per heavy atom. The Balaban J connectivity index is 2.08. The van der Waals surface area contributed by atoms with Crippen molar-refractivity contribution in [2.45, 2.75) is 19.5 Å². The highest BCUT2D eigenvalue weighted by atomic mass is 16.2. The van der Waals surface area contributed by atoms with Crippen molar-refractivity contribution in [2.75, 3.05) is 13.6 Å². The zero-order valence-corrected chi connectivity index (χ0v) is 12.5. The molecule has 0 saturated heterocycles. The number of hydrogen-bond donors (Lipinski definition) is 1. The van der Waals surface area contributed by atoms with Gasteiger partial charge in [-0.05, 0) is 18.2 Å². The Morgan fingerprint density at radius 1 is 0.905 bits per heavy atom. The summed E-state index contributed by atoms with van der Waals surface area (Å²) >= 11 is 0. The van der Waals surface area contributed by atoms with Crippen molar-refractivity contribution >= 4 is 5.91 Å². The molecule has 0 radical (unpaired) electrons. The molecule has 3 nitrogen and oxygen atoms in total. The molecule has 0 aromatic heterocycles. The Labute approximate surface area is 126 Å². The summed E-state index contributed by atoms with van der Waals surface area (Å²) in [6, 6.07) is 20.3. The van der Waals surface area contributed by atoms with Gasteiger partial charge in [-0.15, -0.1) is 0 Å². The Morgan fingerprint density at radius 3 is 1.81 bits per heavy atom. The number of hydrogen-bond acceptors (Lipinski definition) is 2. The van der Waals surface area contributed by atoms with Crippen LogP contribution in [0.4, 0.5) is 0 Å². The first-order valence-corrected chi connectivity index (χ1v) is 7.30. The molecule has 0 aliphatic heterocycles. The molecule has 2 rings (SSSR count). The second-order valence-corrected chi connectivity index (χ2v) is 5.07. The molecule has 0 aliphatic rings. The molecule has 2 aromatic rings. The maximum atomic E-state index is 12.4. The van der Waals surface area contributed by atoms with E-state index in [0.717, 1.165) is 11.1 Å². The van der Waals surface area contributed by atoms with Crippen LogP contribution in [0.1, 0.15) is 17.5 Å². The third-order valence-electron chi connectivity index (χ3n) is 3.37. The number of rotatable bonds is 7. The summed E-state index contributed by atoms with van der Waals surface area (Å²) in [5.74, 6) is 0.178. The second kappa shape index (κ2) is 8.22. The van der Waals surface area contributed by atoms with Gasteiger partial charge in [0.2, 0.25) is 5.91 Å². The molecule has 0 aliphatic carbocycles. The van der Waals surface area contributed by atoms with Crippen LogP contribution in [0.5, 0.6) is 0 Å². The molecule has 1 N–H and O–H groups in total. The van der Waals surface area contributed by atoms with Gasteiger partial charge in [-0.2, -0.15) is 0 Å². The highest BCUT2D eigenvalue weighted by Crippen LogP contribution is 2.11. The van der Waals surface area contributed by atoms with E-state index in [9.17, 15) is 4.79 Å². The first-order valence-electron chi connectivity index (χ1n) is 7.30. The van der Waals surface area contributed by atoms with Crippen LogP contribution in [-0.2, 0) is 17.9 Å². The molecule has 110 valence electrons. The van der Waals surface area contributed by atoms with Crippen LogP contribution in [0.15, 0.2) is 60.7 Å². The highest BCUT2D eigenvalue weighted by molar-refractivity contribution is 5.76. The lowest BCUT2D eigenvalue weighted by molar-refractivity contribution is -0.132. The first kappa shape index (κ1) is 15.3. The molecule has 0 unspecified atom stereocenters. The van der Waals surface area contributed by atoms with E-state index in [0.29, 0.717) is 26.1 Å². The van der Waals surface area contributed by atoms with E-state index in [1.807, 2.05) is 48.3 Å². The van der Waals surface area contributed by atoms with Crippen LogP contribution in [0.2, 0.25) is 0 Å². The molecule has 0 fully saturated rings. The SMILES string of the molecule is CNCCC(=O)N(Cc1ccccc1)Cc1ccccc1. The van der Waals surface area contributed by atoms with Crippen molar-refractivity contribution in [3.05, 3.63) is 71.8 Å². The minimum atomic E-state index is 0.178. The quantitative estimate of drug-likeness (QED) is 0.847. The fraction of sp³-hybridized carbons (Fsp3) is 0.278. The number of carbonyl (C=O) groups is 1. The van der Waals surface area contributed by atoms with Gasteiger partial charge in [0.15, 0.2) is 0 Å². The van der Waals surface area contributed by atoms with Gasteiger partial charge >= 0.3 is 0 Å². The van der Waals surface area contributed by atoms with Crippen molar-refractivity contribution in [2.24, 2.45) is 0 Å². The summed E-state index contributed by atoms with van der Waals surface area (Å²) in [5, 5.41) is 3.03. The average Bonchev–Trinajstić information content (AvgIpc) is 2.54. The summed E-state index contributed by atoms with van der Waals surface area (Å²) in [7, 11) is 1.87. The number of carbonyl (C=O) groups excluding carboxylic acids is 1. The van der Waals surface area contributed by atoms with Gasteiger partial charge in [0, 0.05) is 26.1 Å². The van der Waals surface area contributed by atoms with Gasteiger partial charge in [0.05, 0.1) is 0 Å². The third kappa shape index (κ3) is 5.04. The summed E-state index contributed by atoms with van der Waals surface area (Å²) in [6.07, 6.45) is 0.524. The van der Waals surface area contributed by atoms with Crippen molar-refractivity contribution in [1.82, 2.24) is 10.2 Å². The molecule has 3 heteroatoms. The summed E-state index contributed by atoms with van der Waals surface area (Å²) in [5.41, 5.74) is 2.32. The topological polar surface area (TPSA) is 32.3 Å². The van der Waals surface area contributed by atoms with Gasteiger partial charge < -0.3 is 10.2 Å². The zero-order valence-electron chi connectivity index (χ0n) is 12.5. The maximum absolute atomic E-state index is 12.4. The van der Waals surface area contributed by atoms with Gasteiger partial charge in [-0.1, -0.05) is 60.7 Å². The van der Waals surface area contributed by atoms with Crippen molar-refractivity contribution in [3.8, 4) is 0 Å². The summed E-state index contributed by atoms with van der Waals surface area (Å²) < 4.78 is 0. The minimum Gasteiger partial charge on any atom is -0.334 e. The van der Waals surface area contributed by atoms with Crippen LogP contribution < -0.4 is 5.32 Å². The second-order valence-electron chi connectivity index (χ2n) is 5.07. The van der Waals surface area contributed by atoms with Gasteiger partial charge in [0.25, 0.3) is 0 Å². The molecule has 0 heterocycles.